The fourth-order valence-electron chi connectivity index (χ4n) is 2.68. The lowest BCUT2D eigenvalue weighted by atomic mass is 10.1. The van der Waals surface area contributed by atoms with Crippen molar-refractivity contribution >= 4 is 22.5 Å². The highest BCUT2D eigenvalue weighted by Gasteiger charge is 2.17. The maximum atomic E-state index is 12.7. The van der Waals surface area contributed by atoms with Gasteiger partial charge in [0, 0.05) is 24.5 Å². The molecule has 1 amide bonds. The zero-order chi connectivity index (χ0) is 17.0. The smallest absolute Gasteiger partial charge is 0.256 e. The molecule has 0 aliphatic heterocycles. The molecule has 1 aromatic heterocycles. The summed E-state index contributed by atoms with van der Waals surface area (Å²) in [7, 11) is 0. The van der Waals surface area contributed by atoms with Crippen LogP contribution in [0.5, 0.6) is 0 Å². The Morgan fingerprint density at radius 2 is 2.04 bits per heavy atom. The van der Waals surface area contributed by atoms with Gasteiger partial charge in [-0.05, 0) is 32.4 Å². The van der Waals surface area contributed by atoms with E-state index in [-0.39, 0.29) is 22.9 Å². The van der Waals surface area contributed by atoms with E-state index in [4.69, 9.17) is 5.73 Å². The summed E-state index contributed by atoms with van der Waals surface area (Å²) in [5, 5.41) is 3.22. The number of aryl methyl sites for hydroxylation is 1. The first kappa shape index (κ1) is 17.1. The first-order valence-electron chi connectivity index (χ1n) is 8.18. The molecule has 0 unspecified atom stereocenters. The molecule has 1 heterocycles. The first-order valence-corrected chi connectivity index (χ1v) is 8.18. The van der Waals surface area contributed by atoms with E-state index in [1.54, 1.807) is 12.3 Å². The molecule has 2 aromatic rings. The number of benzene rings is 1. The second kappa shape index (κ2) is 7.31. The van der Waals surface area contributed by atoms with Crippen molar-refractivity contribution < 1.29 is 4.79 Å². The number of anilines is 1. The Balaban J connectivity index is 2.59. The van der Waals surface area contributed by atoms with Crippen LogP contribution in [0, 0.1) is 0 Å². The van der Waals surface area contributed by atoms with Gasteiger partial charge in [0.15, 0.2) is 0 Å². The number of carbonyl (C=O) groups is 1. The number of carbonyl (C=O) groups excluding carboxylic acids is 1. The standard InChI is InChI=1S/C18H25N3O2/c1-4-5-6-10-21-11-13(18(23)20-12(2)3)17(22)16-14(19)8-7-9-15(16)21/h7-9,11-12H,4-6,10,19H2,1-3H3,(H,20,23). The van der Waals surface area contributed by atoms with Gasteiger partial charge < -0.3 is 15.6 Å². The first-order chi connectivity index (χ1) is 11.0. The molecule has 0 saturated carbocycles. The molecule has 3 N–H and O–H groups in total. The number of nitrogens with two attached hydrogens (primary N) is 1. The summed E-state index contributed by atoms with van der Waals surface area (Å²) in [5.74, 6) is -0.348. The van der Waals surface area contributed by atoms with Crippen LogP contribution in [-0.2, 0) is 6.54 Å². The zero-order valence-electron chi connectivity index (χ0n) is 14.1. The van der Waals surface area contributed by atoms with Crippen LogP contribution in [0.1, 0.15) is 50.4 Å². The topological polar surface area (TPSA) is 77.1 Å². The Labute approximate surface area is 136 Å². The Kier molecular flexibility index (Phi) is 5.42. The number of unbranched alkanes of at least 4 members (excludes halogenated alkanes) is 2. The van der Waals surface area contributed by atoms with Crippen molar-refractivity contribution in [2.75, 3.05) is 5.73 Å². The number of rotatable bonds is 6. The molecule has 0 spiro atoms. The maximum absolute atomic E-state index is 12.7. The fourth-order valence-corrected chi connectivity index (χ4v) is 2.68. The fraction of sp³-hybridized carbons (Fsp3) is 0.444. The quantitative estimate of drug-likeness (QED) is 0.635. The lowest BCUT2D eigenvalue weighted by Gasteiger charge is -2.15. The third kappa shape index (κ3) is 3.73. The minimum atomic E-state index is -0.348. The Morgan fingerprint density at radius 1 is 1.30 bits per heavy atom. The lowest BCUT2D eigenvalue weighted by Crippen LogP contribution is -2.34. The van der Waals surface area contributed by atoms with Crippen LogP contribution in [0.25, 0.3) is 10.9 Å². The molecule has 0 aliphatic carbocycles. The van der Waals surface area contributed by atoms with Gasteiger partial charge in [0.25, 0.3) is 5.91 Å². The third-order valence-corrected chi connectivity index (χ3v) is 3.81. The number of pyridine rings is 1. The van der Waals surface area contributed by atoms with E-state index in [9.17, 15) is 9.59 Å². The van der Waals surface area contributed by atoms with Crippen LogP contribution >= 0.6 is 0 Å². The average molecular weight is 315 g/mol. The van der Waals surface area contributed by atoms with Gasteiger partial charge in [-0.15, -0.1) is 0 Å². The predicted octanol–water partition coefficient (Wildman–Crippen LogP) is 2.91. The molecule has 0 aliphatic rings. The molecule has 5 heteroatoms. The minimum Gasteiger partial charge on any atom is -0.398 e. The Bertz CT molecular complexity index is 763. The molecular formula is C18H25N3O2. The van der Waals surface area contributed by atoms with Crippen LogP contribution < -0.4 is 16.5 Å². The highest BCUT2D eigenvalue weighted by molar-refractivity contribution is 6.00. The number of nitrogens with one attached hydrogen (secondary N) is 1. The van der Waals surface area contributed by atoms with Crippen LogP contribution in [0.4, 0.5) is 5.69 Å². The van der Waals surface area contributed by atoms with E-state index in [1.807, 2.05) is 30.5 Å². The van der Waals surface area contributed by atoms with Gasteiger partial charge in [0.2, 0.25) is 5.43 Å². The summed E-state index contributed by atoms with van der Waals surface area (Å²) < 4.78 is 1.97. The average Bonchev–Trinajstić information content (AvgIpc) is 2.48. The Morgan fingerprint density at radius 3 is 2.70 bits per heavy atom. The van der Waals surface area contributed by atoms with Gasteiger partial charge >= 0.3 is 0 Å². The van der Waals surface area contributed by atoms with Crippen molar-refractivity contribution in [2.24, 2.45) is 0 Å². The zero-order valence-corrected chi connectivity index (χ0v) is 14.1. The summed E-state index contributed by atoms with van der Waals surface area (Å²) in [5.41, 5.74) is 7.05. The number of nitrogens with zero attached hydrogens (tertiary/aromatic N) is 1. The normalized spacial score (nSPS) is 11.1. The second-order valence-electron chi connectivity index (χ2n) is 6.14. The Hall–Kier alpha value is -2.30. The summed E-state index contributed by atoms with van der Waals surface area (Å²) in [6, 6.07) is 5.38. The molecule has 124 valence electrons. The maximum Gasteiger partial charge on any atom is 0.256 e. The molecule has 0 bridgehead atoms. The molecular weight excluding hydrogens is 290 g/mol. The number of aromatic nitrogens is 1. The molecule has 5 nitrogen and oxygen atoms in total. The van der Waals surface area contributed by atoms with E-state index in [2.05, 4.69) is 12.2 Å². The third-order valence-electron chi connectivity index (χ3n) is 3.81. The van der Waals surface area contributed by atoms with E-state index >= 15 is 0 Å². The molecule has 0 fully saturated rings. The number of hydrogen-bond donors (Lipinski definition) is 2. The summed E-state index contributed by atoms with van der Waals surface area (Å²) in [6.07, 6.45) is 4.87. The van der Waals surface area contributed by atoms with E-state index in [1.165, 1.54) is 0 Å². The van der Waals surface area contributed by atoms with Crippen molar-refractivity contribution in [3.8, 4) is 0 Å². The molecule has 0 radical (unpaired) electrons. The highest BCUT2D eigenvalue weighted by Crippen LogP contribution is 2.19. The minimum absolute atomic E-state index is 0.0285. The van der Waals surface area contributed by atoms with Crippen molar-refractivity contribution in [1.82, 2.24) is 9.88 Å². The van der Waals surface area contributed by atoms with E-state index < -0.39 is 0 Å². The molecule has 2 rings (SSSR count). The number of nitrogen functional groups attached to an aromatic ring is 1. The van der Waals surface area contributed by atoms with E-state index in [0.717, 1.165) is 31.3 Å². The van der Waals surface area contributed by atoms with Crippen LogP contribution in [0.3, 0.4) is 0 Å². The summed E-state index contributed by atoms with van der Waals surface area (Å²) in [4.78, 5) is 25.0. The largest absolute Gasteiger partial charge is 0.398 e. The summed E-state index contributed by atoms with van der Waals surface area (Å²) >= 11 is 0. The van der Waals surface area contributed by atoms with Crippen molar-refractivity contribution in [2.45, 2.75) is 52.6 Å². The molecule has 0 saturated heterocycles. The number of fused-ring (bicyclic) bond motifs is 1. The van der Waals surface area contributed by atoms with E-state index in [0.29, 0.717) is 11.1 Å². The second-order valence-corrected chi connectivity index (χ2v) is 6.14. The van der Waals surface area contributed by atoms with Crippen LogP contribution in [0.15, 0.2) is 29.2 Å². The van der Waals surface area contributed by atoms with Crippen molar-refractivity contribution in [1.29, 1.82) is 0 Å². The lowest BCUT2D eigenvalue weighted by molar-refractivity contribution is 0.0941. The molecule has 23 heavy (non-hydrogen) atoms. The summed E-state index contributed by atoms with van der Waals surface area (Å²) in [6.45, 7) is 6.64. The molecule has 0 atom stereocenters. The van der Waals surface area contributed by atoms with Gasteiger partial charge in [-0.2, -0.15) is 0 Å². The van der Waals surface area contributed by atoms with Gasteiger partial charge in [-0.25, -0.2) is 0 Å². The number of hydrogen-bond acceptors (Lipinski definition) is 3. The van der Waals surface area contributed by atoms with Crippen molar-refractivity contribution in [3.63, 3.8) is 0 Å². The van der Waals surface area contributed by atoms with Crippen LogP contribution in [-0.4, -0.2) is 16.5 Å². The van der Waals surface area contributed by atoms with Gasteiger partial charge in [-0.1, -0.05) is 25.8 Å². The van der Waals surface area contributed by atoms with Gasteiger partial charge in [0.05, 0.1) is 10.9 Å². The SMILES string of the molecule is CCCCCn1cc(C(=O)NC(C)C)c(=O)c2c(N)cccc21. The predicted molar refractivity (Wildman–Crippen MR) is 94.7 cm³/mol. The van der Waals surface area contributed by atoms with Crippen LogP contribution in [0.2, 0.25) is 0 Å². The van der Waals surface area contributed by atoms with Crippen molar-refractivity contribution in [3.05, 3.63) is 40.2 Å². The number of amides is 1. The monoisotopic (exact) mass is 315 g/mol. The van der Waals surface area contributed by atoms with Gasteiger partial charge in [0.1, 0.15) is 5.56 Å². The molecule has 1 aromatic carbocycles. The highest BCUT2D eigenvalue weighted by atomic mass is 16.2. The van der Waals surface area contributed by atoms with Gasteiger partial charge in [-0.3, -0.25) is 9.59 Å².